The van der Waals surface area contributed by atoms with Gasteiger partial charge in [0.15, 0.2) is 0 Å². The third-order valence-corrected chi connectivity index (χ3v) is 4.62. The Bertz CT molecular complexity index is 852. The summed E-state index contributed by atoms with van der Waals surface area (Å²) in [6, 6.07) is 12.6. The molecule has 1 aliphatic rings. The molecule has 0 bridgehead atoms. The first-order valence-electron chi connectivity index (χ1n) is 8.79. The van der Waals surface area contributed by atoms with Crippen LogP contribution in [0.4, 0.5) is 5.69 Å². The molecule has 1 saturated heterocycles. The van der Waals surface area contributed by atoms with Gasteiger partial charge >= 0.3 is 0 Å². The SMILES string of the molecule is O=C(Nc1ccccc1C(=O)N[C@@H]1CCCCNC1=O)c1ccc(Cl)cc1. The van der Waals surface area contributed by atoms with E-state index in [2.05, 4.69) is 16.0 Å². The van der Waals surface area contributed by atoms with Gasteiger partial charge in [-0.25, -0.2) is 0 Å². The van der Waals surface area contributed by atoms with Crippen LogP contribution >= 0.6 is 11.6 Å². The number of hydrogen-bond donors (Lipinski definition) is 3. The molecule has 2 aromatic rings. The number of benzene rings is 2. The highest BCUT2D eigenvalue weighted by molar-refractivity contribution is 6.30. The maximum absolute atomic E-state index is 12.7. The number of amides is 3. The molecular weight excluding hydrogens is 366 g/mol. The Kier molecular flexibility index (Phi) is 6.08. The fourth-order valence-electron chi connectivity index (χ4n) is 2.90. The molecule has 7 heteroatoms. The van der Waals surface area contributed by atoms with Crippen LogP contribution in [0.5, 0.6) is 0 Å². The lowest BCUT2D eigenvalue weighted by molar-refractivity contribution is -0.122. The molecule has 3 amide bonds. The molecule has 3 N–H and O–H groups in total. The Morgan fingerprint density at radius 1 is 1.00 bits per heavy atom. The third kappa shape index (κ3) is 4.86. The number of anilines is 1. The molecule has 0 aliphatic carbocycles. The average Bonchev–Trinajstić information content (AvgIpc) is 2.87. The van der Waals surface area contributed by atoms with Gasteiger partial charge in [0.25, 0.3) is 11.8 Å². The summed E-state index contributed by atoms with van der Waals surface area (Å²) < 4.78 is 0. The summed E-state index contributed by atoms with van der Waals surface area (Å²) >= 11 is 5.84. The zero-order valence-corrected chi connectivity index (χ0v) is 15.4. The lowest BCUT2D eigenvalue weighted by atomic mass is 10.1. The summed E-state index contributed by atoms with van der Waals surface area (Å²) in [6.45, 7) is 0.624. The van der Waals surface area contributed by atoms with Crippen molar-refractivity contribution in [3.8, 4) is 0 Å². The van der Waals surface area contributed by atoms with Gasteiger partial charge < -0.3 is 16.0 Å². The molecule has 1 fully saturated rings. The minimum atomic E-state index is -0.569. The second-order valence-corrected chi connectivity index (χ2v) is 6.76. The molecule has 6 nitrogen and oxygen atoms in total. The highest BCUT2D eigenvalue weighted by Crippen LogP contribution is 2.18. The molecule has 0 spiro atoms. The summed E-state index contributed by atoms with van der Waals surface area (Å²) in [6.07, 6.45) is 2.35. The molecule has 0 unspecified atom stereocenters. The molecule has 140 valence electrons. The molecule has 0 aromatic heterocycles. The highest BCUT2D eigenvalue weighted by atomic mass is 35.5. The first kappa shape index (κ1) is 18.9. The Morgan fingerprint density at radius 3 is 2.52 bits per heavy atom. The summed E-state index contributed by atoms with van der Waals surface area (Å²) in [5, 5.41) is 8.84. The van der Waals surface area contributed by atoms with E-state index in [1.54, 1.807) is 48.5 Å². The van der Waals surface area contributed by atoms with Crippen molar-refractivity contribution >= 4 is 35.0 Å². The lowest BCUT2D eigenvalue weighted by Gasteiger charge is -2.17. The van der Waals surface area contributed by atoms with Gasteiger partial charge in [-0.2, -0.15) is 0 Å². The van der Waals surface area contributed by atoms with E-state index in [9.17, 15) is 14.4 Å². The number of nitrogens with one attached hydrogen (secondary N) is 3. The number of halogens is 1. The van der Waals surface area contributed by atoms with Crippen molar-refractivity contribution in [2.45, 2.75) is 25.3 Å². The molecule has 0 radical (unpaired) electrons. The molecular formula is C20H20ClN3O3. The zero-order valence-electron chi connectivity index (χ0n) is 14.6. The average molecular weight is 386 g/mol. The number of hydrogen-bond acceptors (Lipinski definition) is 3. The van der Waals surface area contributed by atoms with E-state index in [0.29, 0.717) is 34.8 Å². The fourth-order valence-corrected chi connectivity index (χ4v) is 3.02. The van der Waals surface area contributed by atoms with Gasteiger partial charge in [0.2, 0.25) is 5.91 Å². The smallest absolute Gasteiger partial charge is 0.255 e. The second-order valence-electron chi connectivity index (χ2n) is 6.32. The molecule has 3 rings (SSSR count). The summed E-state index contributed by atoms with van der Waals surface area (Å²) in [5.41, 5.74) is 1.11. The number of carbonyl (C=O) groups excluding carboxylic acids is 3. The van der Waals surface area contributed by atoms with Gasteiger partial charge in [-0.3, -0.25) is 14.4 Å². The number of carbonyl (C=O) groups is 3. The Morgan fingerprint density at radius 2 is 1.74 bits per heavy atom. The van der Waals surface area contributed by atoms with E-state index in [0.717, 1.165) is 12.8 Å². The van der Waals surface area contributed by atoms with Crippen LogP contribution in [0.2, 0.25) is 5.02 Å². The number of rotatable bonds is 4. The van der Waals surface area contributed by atoms with Gasteiger partial charge in [-0.15, -0.1) is 0 Å². The summed E-state index contributed by atoms with van der Waals surface area (Å²) in [4.78, 5) is 37.2. The Labute approximate surface area is 162 Å². The minimum absolute atomic E-state index is 0.177. The van der Waals surface area contributed by atoms with E-state index < -0.39 is 11.9 Å². The van der Waals surface area contributed by atoms with Gasteiger partial charge in [0.05, 0.1) is 11.3 Å². The monoisotopic (exact) mass is 385 g/mol. The van der Waals surface area contributed by atoms with E-state index in [1.165, 1.54) is 0 Å². The van der Waals surface area contributed by atoms with Crippen molar-refractivity contribution in [2.24, 2.45) is 0 Å². The first-order valence-corrected chi connectivity index (χ1v) is 9.17. The topological polar surface area (TPSA) is 87.3 Å². The summed E-state index contributed by atoms with van der Waals surface area (Å²) in [7, 11) is 0. The standard InChI is InChI=1S/C20H20ClN3O3/c21-14-10-8-13(9-11-14)18(25)23-16-6-2-1-5-15(16)19(26)24-17-7-3-4-12-22-20(17)27/h1-2,5-6,8-11,17H,3-4,7,12H2,(H,22,27)(H,23,25)(H,24,26)/t17-/m1/s1. The van der Waals surface area contributed by atoms with Crippen LogP contribution in [0.15, 0.2) is 48.5 Å². The van der Waals surface area contributed by atoms with Crippen molar-refractivity contribution in [1.82, 2.24) is 10.6 Å². The maximum atomic E-state index is 12.7. The van der Waals surface area contributed by atoms with Crippen molar-refractivity contribution in [2.75, 3.05) is 11.9 Å². The van der Waals surface area contributed by atoms with Crippen molar-refractivity contribution in [1.29, 1.82) is 0 Å². The second kappa shape index (κ2) is 8.68. The van der Waals surface area contributed by atoms with Crippen LogP contribution in [0.3, 0.4) is 0 Å². The zero-order chi connectivity index (χ0) is 19.2. The van der Waals surface area contributed by atoms with Crippen LogP contribution < -0.4 is 16.0 Å². The first-order chi connectivity index (χ1) is 13.0. The normalized spacial score (nSPS) is 16.8. The van der Waals surface area contributed by atoms with Crippen LogP contribution in [-0.4, -0.2) is 30.3 Å². The predicted molar refractivity (Wildman–Crippen MR) is 104 cm³/mol. The summed E-state index contributed by atoms with van der Waals surface area (Å²) in [5.74, 6) is -0.924. The van der Waals surface area contributed by atoms with E-state index in [-0.39, 0.29) is 11.8 Å². The van der Waals surface area contributed by atoms with Gasteiger partial charge in [0.1, 0.15) is 6.04 Å². The van der Waals surface area contributed by atoms with Gasteiger partial charge in [-0.1, -0.05) is 23.7 Å². The van der Waals surface area contributed by atoms with Crippen LogP contribution in [0.1, 0.15) is 40.0 Å². The molecule has 0 saturated carbocycles. The molecule has 1 heterocycles. The van der Waals surface area contributed by atoms with Gasteiger partial charge in [-0.05, 0) is 55.7 Å². The van der Waals surface area contributed by atoms with Crippen molar-refractivity contribution in [3.05, 3.63) is 64.7 Å². The van der Waals surface area contributed by atoms with Crippen molar-refractivity contribution in [3.63, 3.8) is 0 Å². The lowest BCUT2D eigenvalue weighted by Crippen LogP contribution is -2.45. The maximum Gasteiger partial charge on any atom is 0.255 e. The van der Waals surface area contributed by atoms with E-state index in [1.807, 2.05) is 0 Å². The molecule has 2 aromatic carbocycles. The fraction of sp³-hybridized carbons (Fsp3) is 0.250. The number of para-hydroxylation sites is 1. The minimum Gasteiger partial charge on any atom is -0.354 e. The predicted octanol–water partition coefficient (Wildman–Crippen LogP) is 2.99. The third-order valence-electron chi connectivity index (χ3n) is 4.37. The van der Waals surface area contributed by atoms with Crippen molar-refractivity contribution < 1.29 is 14.4 Å². The molecule has 1 atom stereocenters. The Hall–Kier alpha value is -2.86. The quantitative estimate of drug-likeness (QED) is 0.756. The largest absolute Gasteiger partial charge is 0.354 e. The van der Waals surface area contributed by atoms with E-state index >= 15 is 0 Å². The van der Waals surface area contributed by atoms with Gasteiger partial charge in [0, 0.05) is 17.1 Å². The Balaban J connectivity index is 1.74. The molecule has 1 aliphatic heterocycles. The van der Waals surface area contributed by atoms with E-state index in [4.69, 9.17) is 11.6 Å². The van der Waals surface area contributed by atoms with Crippen LogP contribution in [0.25, 0.3) is 0 Å². The van der Waals surface area contributed by atoms with Crippen LogP contribution in [-0.2, 0) is 4.79 Å². The van der Waals surface area contributed by atoms with Crippen LogP contribution in [0, 0.1) is 0 Å². The molecule has 27 heavy (non-hydrogen) atoms. The highest BCUT2D eigenvalue weighted by Gasteiger charge is 2.24.